The van der Waals surface area contributed by atoms with Crippen LogP contribution < -0.4 is 15.8 Å². The molecule has 2 rings (SSSR count). The zero-order valence-corrected chi connectivity index (χ0v) is 15.4. The molecule has 2 aromatic rings. The summed E-state index contributed by atoms with van der Waals surface area (Å²) in [6, 6.07) is 11.3. The van der Waals surface area contributed by atoms with Crippen LogP contribution in [-0.4, -0.2) is 25.0 Å². The minimum Gasteiger partial charge on any atom is -0.468 e. The average Bonchev–Trinajstić information content (AvgIpc) is 2.64. The summed E-state index contributed by atoms with van der Waals surface area (Å²) in [5.41, 5.74) is 6.79. The highest BCUT2D eigenvalue weighted by Gasteiger charge is 2.30. The van der Waals surface area contributed by atoms with Gasteiger partial charge in [0.15, 0.2) is 0 Å². The van der Waals surface area contributed by atoms with Crippen LogP contribution in [0.4, 0.5) is 24.5 Å². The van der Waals surface area contributed by atoms with E-state index in [0.29, 0.717) is 17.1 Å². The SMILES string of the molecule is COC(=O)C(Cc1cccc(C(F)(F)F)c1)NSCNc1ccccc1N. The second kappa shape index (κ2) is 9.52. The molecule has 0 aliphatic rings. The summed E-state index contributed by atoms with van der Waals surface area (Å²) in [5.74, 6) is -0.163. The predicted octanol–water partition coefficient (Wildman–Crippen LogP) is 3.68. The number of nitrogens with two attached hydrogens (primary N) is 1. The number of anilines is 2. The molecule has 9 heteroatoms. The van der Waals surface area contributed by atoms with Crippen LogP contribution in [0.3, 0.4) is 0 Å². The summed E-state index contributed by atoms with van der Waals surface area (Å²) in [5, 5.41) is 3.09. The Kier molecular flexibility index (Phi) is 7.37. The lowest BCUT2D eigenvalue weighted by atomic mass is 10.0. The molecule has 146 valence electrons. The van der Waals surface area contributed by atoms with Crippen molar-refractivity contribution in [3.8, 4) is 0 Å². The molecule has 2 aromatic carbocycles. The maximum absolute atomic E-state index is 12.8. The highest BCUT2D eigenvalue weighted by molar-refractivity contribution is 7.97. The van der Waals surface area contributed by atoms with E-state index in [1.165, 1.54) is 25.1 Å². The molecule has 0 bridgehead atoms. The van der Waals surface area contributed by atoms with Gasteiger partial charge in [0.2, 0.25) is 0 Å². The Morgan fingerprint density at radius 2 is 1.96 bits per heavy atom. The molecule has 0 radical (unpaired) electrons. The maximum atomic E-state index is 12.8. The summed E-state index contributed by atoms with van der Waals surface area (Å²) < 4.78 is 46.2. The van der Waals surface area contributed by atoms with Crippen molar-refractivity contribution >= 4 is 29.3 Å². The van der Waals surface area contributed by atoms with Gasteiger partial charge >= 0.3 is 12.1 Å². The molecule has 4 N–H and O–H groups in total. The van der Waals surface area contributed by atoms with E-state index in [1.807, 2.05) is 18.2 Å². The summed E-state index contributed by atoms with van der Waals surface area (Å²) in [6.07, 6.45) is -4.37. The first kappa shape index (κ1) is 20.9. The molecule has 27 heavy (non-hydrogen) atoms. The minimum absolute atomic E-state index is 0.0665. The van der Waals surface area contributed by atoms with Gasteiger partial charge in [0, 0.05) is 0 Å². The van der Waals surface area contributed by atoms with Crippen LogP contribution in [0.1, 0.15) is 11.1 Å². The molecular weight excluding hydrogens is 379 g/mol. The van der Waals surface area contributed by atoms with Crippen LogP contribution in [0, 0.1) is 0 Å². The second-order valence-corrected chi connectivity index (χ2v) is 6.46. The smallest absolute Gasteiger partial charge is 0.416 e. The third-order valence-electron chi connectivity index (χ3n) is 3.70. The van der Waals surface area contributed by atoms with E-state index in [2.05, 4.69) is 10.0 Å². The van der Waals surface area contributed by atoms with Crippen molar-refractivity contribution < 1.29 is 22.7 Å². The first-order chi connectivity index (χ1) is 12.8. The van der Waals surface area contributed by atoms with E-state index in [1.54, 1.807) is 12.1 Å². The number of alkyl halides is 3. The Morgan fingerprint density at radius 1 is 1.22 bits per heavy atom. The van der Waals surface area contributed by atoms with Crippen molar-refractivity contribution in [2.75, 3.05) is 24.0 Å². The number of carbonyl (C=O) groups is 1. The largest absolute Gasteiger partial charge is 0.468 e. The van der Waals surface area contributed by atoms with Crippen LogP contribution in [0.15, 0.2) is 48.5 Å². The van der Waals surface area contributed by atoms with Crippen molar-refractivity contribution in [1.29, 1.82) is 0 Å². The Bertz CT molecular complexity index is 772. The van der Waals surface area contributed by atoms with E-state index < -0.39 is 23.8 Å². The van der Waals surface area contributed by atoms with E-state index in [0.717, 1.165) is 17.8 Å². The third kappa shape index (κ3) is 6.37. The van der Waals surface area contributed by atoms with Crippen molar-refractivity contribution in [2.24, 2.45) is 0 Å². The average molecular weight is 399 g/mol. The van der Waals surface area contributed by atoms with Gasteiger partial charge in [-0.15, -0.1) is 0 Å². The predicted molar refractivity (Wildman–Crippen MR) is 101 cm³/mol. The fraction of sp³-hybridized carbons (Fsp3) is 0.278. The number of ether oxygens (including phenoxy) is 1. The van der Waals surface area contributed by atoms with Gasteiger partial charge in [0.1, 0.15) is 6.04 Å². The number of esters is 1. The minimum atomic E-state index is -4.43. The van der Waals surface area contributed by atoms with Gasteiger partial charge in [-0.3, -0.25) is 4.79 Å². The molecule has 0 spiro atoms. The molecule has 0 saturated carbocycles. The normalized spacial score (nSPS) is 12.4. The van der Waals surface area contributed by atoms with Gasteiger partial charge in [0.05, 0.1) is 29.9 Å². The zero-order chi connectivity index (χ0) is 19.9. The summed E-state index contributed by atoms with van der Waals surface area (Å²) in [7, 11) is 1.23. The standard InChI is InChI=1S/C18H20F3N3O2S/c1-26-17(25)16(10-12-5-4-6-13(9-12)18(19,20)21)24-27-11-23-15-8-3-2-7-14(15)22/h2-9,16,23-24H,10-11,22H2,1H3. The number of hydrogen-bond donors (Lipinski definition) is 3. The summed E-state index contributed by atoms with van der Waals surface area (Å²) in [6.45, 7) is 0. The van der Waals surface area contributed by atoms with Crippen LogP contribution in [0.2, 0.25) is 0 Å². The van der Waals surface area contributed by atoms with Gasteiger partial charge in [-0.2, -0.15) is 13.2 Å². The van der Waals surface area contributed by atoms with E-state index in [9.17, 15) is 18.0 Å². The number of methoxy groups -OCH3 is 1. The van der Waals surface area contributed by atoms with Crippen molar-refractivity contribution in [1.82, 2.24) is 4.72 Å². The maximum Gasteiger partial charge on any atom is 0.416 e. The molecule has 0 aliphatic heterocycles. The number of nitrogens with one attached hydrogen (secondary N) is 2. The lowest BCUT2D eigenvalue weighted by Crippen LogP contribution is -2.36. The third-order valence-corrected chi connectivity index (χ3v) is 4.44. The fourth-order valence-electron chi connectivity index (χ4n) is 2.34. The van der Waals surface area contributed by atoms with Crippen LogP contribution in [-0.2, 0) is 22.1 Å². The first-order valence-electron chi connectivity index (χ1n) is 8.01. The van der Waals surface area contributed by atoms with Gasteiger partial charge in [-0.1, -0.05) is 42.3 Å². The van der Waals surface area contributed by atoms with E-state index in [4.69, 9.17) is 10.5 Å². The number of para-hydroxylation sites is 2. The Morgan fingerprint density at radius 3 is 2.63 bits per heavy atom. The Labute approximate surface area is 159 Å². The molecule has 0 aromatic heterocycles. The molecule has 0 aliphatic carbocycles. The molecule has 1 atom stereocenters. The number of halogens is 3. The summed E-state index contributed by atoms with van der Waals surface area (Å²) >= 11 is 1.20. The molecule has 0 saturated heterocycles. The quantitative estimate of drug-likeness (QED) is 0.207. The molecule has 1 unspecified atom stereocenters. The summed E-state index contributed by atoms with van der Waals surface area (Å²) in [4.78, 5) is 12.0. The lowest BCUT2D eigenvalue weighted by Gasteiger charge is -2.17. The van der Waals surface area contributed by atoms with Gasteiger partial charge in [-0.25, -0.2) is 4.72 Å². The van der Waals surface area contributed by atoms with E-state index in [-0.39, 0.29) is 6.42 Å². The number of rotatable bonds is 8. The number of carbonyl (C=O) groups excluding carboxylic acids is 1. The first-order valence-corrected chi connectivity index (χ1v) is 8.99. The highest BCUT2D eigenvalue weighted by Crippen LogP contribution is 2.29. The zero-order valence-electron chi connectivity index (χ0n) is 14.5. The topological polar surface area (TPSA) is 76.4 Å². The van der Waals surface area contributed by atoms with Gasteiger partial charge in [0.25, 0.3) is 0 Å². The molecule has 0 fully saturated rings. The monoisotopic (exact) mass is 399 g/mol. The van der Waals surface area contributed by atoms with Crippen LogP contribution in [0.25, 0.3) is 0 Å². The molecular formula is C18H20F3N3O2S. The lowest BCUT2D eigenvalue weighted by molar-refractivity contribution is -0.142. The fourth-order valence-corrected chi connectivity index (χ4v) is 3.03. The number of nitrogen functional groups attached to an aromatic ring is 1. The molecule has 5 nitrogen and oxygen atoms in total. The van der Waals surface area contributed by atoms with Crippen molar-refractivity contribution in [3.63, 3.8) is 0 Å². The molecule has 0 heterocycles. The van der Waals surface area contributed by atoms with Gasteiger partial charge in [-0.05, 0) is 30.2 Å². The highest BCUT2D eigenvalue weighted by atomic mass is 32.2. The van der Waals surface area contributed by atoms with Crippen molar-refractivity contribution in [3.05, 3.63) is 59.7 Å². The van der Waals surface area contributed by atoms with Crippen molar-refractivity contribution in [2.45, 2.75) is 18.6 Å². The van der Waals surface area contributed by atoms with Gasteiger partial charge < -0.3 is 15.8 Å². The Balaban J connectivity index is 1.95. The second-order valence-electron chi connectivity index (χ2n) is 5.65. The number of hydrogen-bond acceptors (Lipinski definition) is 6. The van der Waals surface area contributed by atoms with E-state index >= 15 is 0 Å². The Hall–Kier alpha value is -2.39. The molecule has 0 amide bonds. The van der Waals surface area contributed by atoms with Crippen LogP contribution in [0.5, 0.6) is 0 Å². The number of benzene rings is 2. The van der Waals surface area contributed by atoms with Crippen LogP contribution >= 0.6 is 11.9 Å².